The van der Waals surface area contributed by atoms with Crippen LogP contribution in [-0.4, -0.2) is 24.5 Å². The SMILES string of the molecule is COc1ccccc1/C=C1\Oc2c(cc3c(c2C)OCN(Cc2ccc(C)cc2)C3)C1=O. The van der Waals surface area contributed by atoms with Crippen LogP contribution in [0.15, 0.2) is 60.4 Å². The Morgan fingerprint density at radius 2 is 1.84 bits per heavy atom. The van der Waals surface area contributed by atoms with Crippen LogP contribution < -0.4 is 14.2 Å². The normalized spacial score (nSPS) is 16.3. The molecule has 0 saturated heterocycles. The second-order valence-electron chi connectivity index (χ2n) is 8.29. The first-order valence-electron chi connectivity index (χ1n) is 10.7. The third kappa shape index (κ3) is 3.65. The van der Waals surface area contributed by atoms with Crippen molar-refractivity contribution in [2.75, 3.05) is 13.8 Å². The molecule has 0 aromatic heterocycles. The zero-order chi connectivity index (χ0) is 22.2. The average Bonchev–Trinajstić information content (AvgIpc) is 3.11. The smallest absolute Gasteiger partial charge is 0.231 e. The molecule has 5 heteroatoms. The van der Waals surface area contributed by atoms with E-state index < -0.39 is 0 Å². The van der Waals surface area contributed by atoms with E-state index in [1.54, 1.807) is 13.2 Å². The Hall–Kier alpha value is -3.57. The summed E-state index contributed by atoms with van der Waals surface area (Å²) in [6.07, 6.45) is 1.74. The number of allylic oxidation sites excluding steroid dienone is 1. The molecule has 2 aliphatic heterocycles. The molecule has 0 spiro atoms. The van der Waals surface area contributed by atoms with E-state index in [4.69, 9.17) is 14.2 Å². The number of fused-ring (bicyclic) bond motifs is 2. The van der Waals surface area contributed by atoms with Gasteiger partial charge in [0, 0.05) is 29.8 Å². The lowest BCUT2D eigenvalue weighted by atomic mass is 9.99. The summed E-state index contributed by atoms with van der Waals surface area (Å²) in [4.78, 5) is 15.4. The number of nitrogens with zero attached hydrogens (tertiary/aromatic N) is 1. The van der Waals surface area contributed by atoms with Gasteiger partial charge in [0.15, 0.2) is 5.76 Å². The van der Waals surface area contributed by atoms with E-state index in [0.717, 1.165) is 35.5 Å². The van der Waals surface area contributed by atoms with Crippen molar-refractivity contribution in [3.05, 3.63) is 93.7 Å². The van der Waals surface area contributed by atoms with Crippen molar-refractivity contribution >= 4 is 11.9 Å². The fraction of sp³-hybridized carbons (Fsp3) is 0.222. The minimum atomic E-state index is -0.118. The summed E-state index contributed by atoms with van der Waals surface area (Å²) in [5.74, 6) is 2.27. The fourth-order valence-corrected chi connectivity index (χ4v) is 4.28. The Morgan fingerprint density at radius 1 is 1.06 bits per heavy atom. The zero-order valence-corrected chi connectivity index (χ0v) is 18.5. The van der Waals surface area contributed by atoms with Crippen LogP contribution in [0.5, 0.6) is 17.2 Å². The number of para-hydroxylation sites is 1. The number of hydrogen-bond donors (Lipinski definition) is 0. The molecule has 0 unspecified atom stereocenters. The maximum absolute atomic E-state index is 13.2. The lowest BCUT2D eigenvalue weighted by Crippen LogP contribution is -2.32. The molecule has 0 aliphatic carbocycles. The van der Waals surface area contributed by atoms with Gasteiger partial charge in [-0.1, -0.05) is 48.0 Å². The second-order valence-corrected chi connectivity index (χ2v) is 8.29. The molecule has 0 bridgehead atoms. The third-order valence-corrected chi connectivity index (χ3v) is 5.95. The molecule has 2 aliphatic rings. The summed E-state index contributed by atoms with van der Waals surface area (Å²) in [7, 11) is 1.61. The minimum Gasteiger partial charge on any atom is -0.496 e. The first kappa shape index (κ1) is 20.3. The molecule has 2 heterocycles. The van der Waals surface area contributed by atoms with Crippen molar-refractivity contribution in [2.45, 2.75) is 26.9 Å². The van der Waals surface area contributed by atoms with Crippen molar-refractivity contribution in [3.63, 3.8) is 0 Å². The van der Waals surface area contributed by atoms with E-state index in [-0.39, 0.29) is 5.78 Å². The van der Waals surface area contributed by atoms with Gasteiger partial charge in [-0.05, 0) is 37.6 Å². The summed E-state index contributed by atoms with van der Waals surface area (Å²) in [5.41, 5.74) is 5.74. The first-order valence-corrected chi connectivity index (χ1v) is 10.7. The molecule has 0 amide bonds. The monoisotopic (exact) mass is 427 g/mol. The summed E-state index contributed by atoms with van der Waals surface area (Å²) in [5, 5.41) is 0. The van der Waals surface area contributed by atoms with E-state index in [1.165, 1.54) is 11.1 Å². The maximum Gasteiger partial charge on any atom is 0.231 e. The molecule has 0 atom stereocenters. The van der Waals surface area contributed by atoms with Gasteiger partial charge in [0.2, 0.25) is 5.78 Å². The van der Waals surface area contributed by atoms with Crippen molar-refractivity contribution in [1.29, 1.82) is 0 Å². The van der Waals surface area contributed by atoms with Crippen LogP contribution >= 0.6 is 0 Å². The summed E-state index contributed by atoms with van der Waals surface area (Å²) in [6.45, 7) is 6.05. The van der Waals surface area contributed by atoms with Gasteiger partial charge in [-0.3, -0.25) is 9.69 Å². The zero-order valence-electron chi connectivity index (χ0n) is 18.5. The van der Waals surface area contributed by atoms with Gasteiger partial charge in [0.1, 0.15) is 24.0 Å². The number of aryl methyl sites for hydroxylation is 1. The van der Waals surface area contributed by atoms with Gasteiger partial charge in [-0.15, -0.1) is 0 Å². The van der Waals surface area contributed by atoms with Gasteiger partial charge in [0.05, 0.1) is 12.7 Å². The number of ketones is 1. The predicted octanol–water partition coefficient (Wildman–Crippen LogP) is 5.28. The second kappa shape index (κ2) is 8.17. The van der Waals surface area contributed by atoms with Crippen LogP contribution in [0, 0.1) is 13.8 Å². The molecule has 32 heavy (non-hydrogen) atoms. The van der Waals surface area contributed by atoms with Gasteiger partial charge >= 0.3 is 0 Å². The quantitative estimate of drug-likeness (QED) is 0.530. The Labute approximate surface area is 187 Å². The molecule has 5 rings (SSSR count). The minimum absolute atomic E-state index is 0.118. The van der Waals surface area contributed by atoms with E-state index in [9.17, 15) is 4.79 Å². The van der Waals surface area contributed by atoms with Gasteiger partial charge < -0.3 is 14.2 Å². The van der Waals surface area contributed by atoms with Crippen molar-refractivity contribution in [2.24, 2.45) is 0 Å². The highest BCUT2D eigenvalue weighted by Gasteiger charge is 2.33. The summed E-state index contributed by atoms with van der Waals surface area (Å²) in [6, 6.07) is 18.0. The Balaban J connectivity index is 1.42. The largest absolute Gasteiger partial charge is 0.496 e. The van der Waals surface area contributed by atoms with Crippen molar-refractivity contribution in [1.82, 2.24) is 4.90 Å². The maximum atomic E-state index is 13.2. The molecule has 0 fully saturated rings. The van der Waals surface area contributed by atoms with Crippen molar-refractivity contribution in [3.8, 4) is 17.2 Å². The van der Waals surface area contributed by atoms with E-state index in [1.807, 2.05) is 37.3 Å². The Morgan fingerprint density at radius 3 is 2.62 bits per heavy atom. The molecule has 3 aromatic rings. The molecule has 0 saturated carbocycles. The highest BCUT2D eigenvalue weighted by Crippen LogP contribution is 2.43. The number of carbonyl (C=O) groups is 1. The molecule has 162 valence electrons. The van der Waals surface area contributed by atoms with E-state index in [0.29, 0.717) is 29.6 Å². The average molecular weight is 428 g/mol. The van der Waals surface area contributed by atoms with E-state index >= 15 is 0 Å². The summed E-state index contributed by atoms with van der Waals surface area (Å²) < 4.78 is 17.5. The number of methoxy groups -OCH3 is 1. The van der Waals surface area contributed by atoms with Gasteiger partial charge in [-0.25, -0.2) is 0 Å². The van der Waals surface area contributed by atoms with Crippen molar-refractivity contribution < 1.29 is 19.0 Å². The number of hydrogen-bond acceptors (Lipinski definition) is 5. The predicted molar refractivity (Wildman–Crippen MR) is 123 cm³/mol. The Bertz CT molecular complexity index is 1230. The van der Waals surface area contributed by atoms with Gasteiger partial charge in [0.25, 0.3) is 0 Å². The Kier molecular flexibility index (Phi) is 5.19. The molecular formula is C27H25NO4. The number of ether oxygens (including phenoxy) is 3. The van der Waals surface area contributed by atoms with Gasteiger partial charge in [-0.2, -0.15) is 0 Å². The molecule has 0 N–H and O–H groups in total. The van der Waals surface area contributed by atoms with Crippen LogP contribution in [0.2, 0.25) is 0 Å². The fourth-order valence-electron chi connectivity index (χ4n) is 4.28. The van der Waals surface area contributed by atoms with Crippen LogP contribution in [0.25, 0.3) is 6.08 Å². The molecule has 5 nitrogen and oxygen atoms in total. The number of benzene rings is 3. The molecule has 0 radical (unpaired) electrons. The summed E-state index contributed by atoms with van der Waals surface area (Å²) >= 11 is 0. The van der Waals surface area contributed by atoms with Crippen LogP contribution in [0.1, 0.15) is 38.2 Å². The lowest BCUT2D eigenvalue weighted by Gasteiger charge is -2.30. The van der Waals surface area contributed by atoms with Crippen LogP contribution in [-0.2, 0) is 13.1 Å². The number of carbonyl (C=O) groups excluding carboxylic acids is 1. The highest BCUT2D eigenvalue weighted by atomic mass is 16.5. The first-order chi connectivity index (χ1) is 15.5. The lowest BCUT2D eigenvalue weighted by molar-refractivity contribution is 0.0876. The van der Waals surface area contributed by atoms with E-state index in [2.05, 4.69) is 36.1 Å². The number of Topliss-reactive ketones (excluding diaryl/α,β-unsaturated/α-hetero) is 1. The molecule has 3 aromatic carbocycles. The topological polar surface area (TPSA) is 48.0 Å². The standard InChI is InChI=1S/C27H25NO4/c1-17-8-10-19(11-9-17)14-28-15-21-12-22-25(29)24(13-20-6-4-5-7-23(20)30-3)32-27(22)18(2)26(21)31-16-28/h4-13H,14-16H2,1-3H3/b24-13-. The number of rotatable bonds is 4. The van der Waals surface area contributed by atoms with Crippen LogP contribution in [0.3, 0.4) is 0 Å². The molecular weight excluding hydrogens is 402 g/mol. The third-order valence-electron chi connectivity index (χ3n) is 5.95. The highest BCUT2D eigenvalue weighted by molar-refractivity contribution is 6.15. The van der Waals surface area contributed by atoms with Crippen LogP contribution in [0.4, 0.5) is 0 Å².